The molecular formula is C25H32S2Si2. The minimum absolute atomic E-state index is 0.238. The molecule has 2 aromatic heterocycles. The van der Waals surface area contributed by atoms with Gasteiger partial charge in [0.15, 0.2) is 0 Å². The van der Waals surface area contributed by atoms with Gasteiger partial charge in [-0.2, -0.15) is 0 Å². The van der Waals surface area contributed by atoms with E-state index in [1.165, 1.54) is 0 Å². The molecule has 0 saturated heterocycles. The standard InChI is InChI=1S/C25H32S2Si2/c1-14(2)17-12-20-23(26-17)15-10-19-16(11-18(15)28(20,6)7)24-21(29(19,8)9)13-22(27-24)25(3,4)5/h10-14H,1-9H3. The van der Waals surface area contributed by atoms with Crippen LogP contribution in [0.1, 0.15) is 50.3 Å². The molecule has 0 atom stereocenters. The van der Waals surface area contributed by atoms with E-state index < -0.39 is 16.1 Å². The largest absolute Gasteiger partial charge is 0.140 e. The van der Waals surface area contributed by atoms with Gasteiger partial charge in [-0.1, -0.05) is 72.9 Å². The van der Waals surface area contributed by atoms with Crippen LogP contribution in [0.5, 0.6) is 0 Å². The Bertz CT molecular complexity index is 1170. The zero-order chi connectivity index (χ0) is 21.1. The zero-order valence-electron chi connectivity index (χ0n) is 19.2. The Hall–Kier alpha value is -0.946. The molecule has 0 fully saturated rings. The summed E-state index contributed by atoms with van der Waals surface area (Å²) in [5.74, 6) is 0.627. The predicted molar refractivity (Wildman–Crippen MR) is 139 cm³/mol. The summed E-state index contributed by atoms with van der Waals surface area (Å²) in [4.78, 5) is 6.30. The number of thiophene rings is 2. The van der Waals surface area contributed by atoms with Gasteiger partial charge in [0.05, 0.1) is 0 Å². The summed E-state index contributed by atoms with van der Waals surface area (Å²) in [6, 6.07) is 10.4. The molecule has 4 heteroatoms. The molecule has 152 valence electrons. The van der Waals surface area contributed by atoms with Crippen LogP contribution in [0, 0.1) is 0 Å². The van der Waals surface area contributed by atoms with E-state index in [4.69, 9.17) is 0 Å². The molecule has 0 radical (unpaired) electrons. The molecule has 0 N–H and O–H groups in total. The van der Waals surface area contributed by atoms with E-state index >= 15 is 0 Å². The fraction of sp³-hybridized carbons (Fsp3) is 0.440. The molecule has 0 spiro atoms. The summed E-state index contributed by atoms with van der Waals surface area (Å²) >= 11 is 4.13. The third kappa shape index (κ3) is 2.58. The zero-order valence-corrected chi connectivity index (χ0v) is 22.8. The van der Waals surface area contributed by atoms with E-state index in [2.05, 4.69) is 108 Å². The Balaban J connectivity index is 1.76. The lowest BCUT2D eigenvalue weighted by molar-refractivity contribution is 0.604. The highest BCUT2D eigenvalue weighted by atomic mass is 32.1. The summed E-state index contributed by atoms with van der Waals surface area (Å²) in [6.07, 6.45) is 0. The molecular weight excluding hydrogens is 421 g/mol. The van der Waals surface area contributed by atoms with E-state index in [0.717, 1.165) is 0 Å². The maximum Gasteiger partial charge on any atom is 0.115 e. The van der Waals surface area contributed by atoms with E-state index in [1.807, 2.05) is 0 Å². The van der Waals surface area contributed by atoms with Gasteiger partial charge in [0.2, 0.25) is 0 Å². The van der Waals surface area contributed by atoms with Crippen molar-refractivity contribution in [2.45, 2.75) is 72.1 Å². The molecule has 5 rings (SSSR count). The fourth-order valence-corrected chi connectivity index (χ4v) is 15.3. The Morgan fingerprint density at radius 3 is 1.66 bits per heavy atom. The van der Waals surface area contributed by atoms with Crippen molar-refractivity contribution in [2.24, 2.45) is 0 Å². The number of fused-ring (bicyclic) bond motifs is 6. The molecule has 0 bridgehead atoms. The molecule has 0 nitrogen and oxygen atoms in total. The first-order chi connectivity index (χ1) is 13.3. The molecule has 3 aromatic rings. The van der Waals surface area contributed by atoms with Crippen LogP contribution in [0.25, 0.3) is 20.9 Å². The summed E-state index contributed by atoms with van der Waals surface area (Å²) < 4.78 is 0. The van der Waals surface area contributed by atoms with Crippen molar-refractivity contribution in [1.29, 1.82) is 0 Å². The summed E-state index contributed by atoms with van der Waals surface area (Å²) in [5.41, 5.74) is 3.40. The van der Waals surface area contributed by atoms with E-state index in [1.54, 1.807) is 51.4 Å². The summed E-state index contributed by atoms with van der Waals surface area (Å²) in [6.45, 7) is 22.0. The van der Waals surface area contributed by atoms with Crippen LogP contribution in [0.15, 0.2) is 24.3 Å². The van der Waals surface area contributed by atoms with Crippen molar-refractivity contribution >= 4 is 59.6 Å². The van der Waals surface area contributed by atoms with Crippen molar-refractivity contribution in [3.63, 3.8) is 0 Å². The van der Waals surface area contributed by atoms with E-state index in [-0.39, 0.29) is 5.41 Å². The summed E-state index contributed by atoms with van der Waals surface area (Å²) in [7, 11) is -3.25. The van der Waals surface area contributed by atoms with Crippen LogP contribution < -0.4 is 20.7 Å². The normalized spacial score (nSPS) is 18.0. The smallest absolute Gasteiger partial charge is 0.115 e. The van der Waals surface area contributed by atoms with Crippen LogP contribution >= 0.6 is 22.7 Å². The van der Waals surface area contributed by atoms with Gasteiger partial charge in [-0.3, -0.25) is 0 Å². The lowest BCUT2D eigenvalue weighted by Gasteiger charge is -2.23. The average molecular weight is 453 g/mol. The van der Waals surface area contributed by atoms with Crippen LogP contribution in [-0.4, -0.2) is 16.1 Å². The van der Waals surface area contributed by atoms with Gasteiger partial charge in [0.25, 0.3) is 0 Å². The molecule has 1 aromatic carbocycles. The Kier molecular flexibility index (Phi) is 4.03. The molecule has 29 heavy (non-hydrogen) atoms. The second-order valence-corrected chi connectivity index (χ2v) is 22.1. The minimum Gasteiger partial charge on any atom is -0.140 e. The first-order valence-electron chi connectivity index (χ1n) is 10.8. The molecule has 0 saturated carbocycles. The van der Waals surface area contributed by atoms with Crippen LogP contribution in [0.2, 0.25) is 26.2 Å². The number of hydrogen-bond acceptors (Lipinski definition) is 2. The SMILES string of the molecule is CC(C)c1cc2c(s1)-c1cc3c(cc1[Si]2(C)C)-c1sc(C(C)(C)C)cc1[Si]3(C)C. The highest BCUT2D eigenvalue weighted by Crippen LogP contribution is 2.42. The molecule has 4 heterocycles. The molecule has 2 aliphatic heterocycles. The third-order valence-electron chi connectivity index (χ3n) is 7.13. The second-order valence-electron chi connectivity index (χ2n) is 11.3. The van der Waals surface area contributed by atoms with Crippen LogP contribution in [0.4, 0.5) is 0 Å². The van der Waals surface area contributed by atoms with Crippen LogP contribution in [0.3, 0.4) is 0 Å². The number of benzene rings is 1. The minimum atomic E-state index is -1.63. The lowest BCUT2D eigenvalue weighted by atomic mass is 9.95. The van der Waals surface area contributed by atoms with E-state index in [9.17, 15) is 0 Å². The molecule has 0 unspecified atom stereocenters. The first kappa shape index (κ1) is 20.0. The second kappa shape index (κ2) is 5.84. The Morgan fingerprint density at radius 1 is 0.690 bits per heavy atom. The van der Waals surface area contributed by atoms with Gasteiger partial charge in [-0.15, -0.1) is 22.7 Å². The van der Waals surface area contributed by atoms with Crippen molar-refractivity contribution in [2.75, 3.05) is 0 Å². The average Bonchev–Trinajstić information content (AvgIpc) is 3.31. The van der Waals surface area contributed by atoms with Gasteiger partial charge in [0.1, 0.15) is 16.1 Å². The van der Waals surface area contributed by atoms with Gasteiger partial charge >= 0.3 is 0 Å². The van der Waals surface area contributed by atoms with E-state index in [0.29, 0.717) is 5.92 Å². The Labute approximate surface area is 186 Å². The quantitative estimate of drug-likeness (QED) is 0.407. The van der Waals surface area contributed by atoms with Gasteiger partial charge < -0.3 is 0 Å². The monoisotopic (exact) mass is 452 g/mol. The predicted octanol–water partition coefficient (Wildman–Crippen LogP) is 5.84. The lowest BCUT2D eigenvalue weighted by Crippen LogP contribution is -2.51. The maximum atomic E-state index is 2.64. The van der Waals surface area contributed by atoms with Gasteiger partial charge in [-0.05, 0) is 55.3 Å². The van der Waals surface area contributed by atoms with Gasteiger partial charge in [0, 0.05) is 19.5 Å². The van der Waals surface area contributed by atoms with Crippen molar-refractivity contribution in [3.05, 3.63) is 34.0 Å². The first-order valence-corrected chi connectivity index (χ1v) is 18.5. The van der Waals surface area contributed by atoms with Crippen LogP contribution in [-0.2, 0) is 5.41 Å². The Morgan fingerprint density at radius 2 is 1.17 bits per heavy atom. The van der Waals surface area contributed by atoms with Gasteiger partial charge in [-0.25, -0.2) is 0 Å². The summed E-state index contributed by atoms with van der Waals surface area (Å²) in [5, 5.41) is 6.72. The van der Waals surface area contributed by atoms with Crippen molar-refractivity contribution in [1.82, 2.24) is 0 Å². The highest BCUT2D eigenvalue weighted by molar-refractivity contribution is 7.23. The topological polar surface area (TPSA) is 0 Å². The molecule has 2 aliphatic rings. The van der Waals surface area contributed by atoms with Crippen molar-refractivity contribution in [3.8, 4) is 20.9 Å². The number of rotatable bonds is 1. The molecule has 0 amide bonds. The maximum absolute atomic E-state index is 2.64. The third-order valence-corrected chi connectivity index (χ3v) is 17.6. The fourth-order valence-electron chi connectivity index (χ4n) is 5.08. The van der Waals surface area contributed by atoms with Crippen molar-refractivity contribution < 1.29 is 0 Å². The highest BCUT2D eigenvalue weighted by Gasteiger charge is 2.45. The molecule has 0 aliphatic carbocycles. The number of hydrogen-bond donors (Lipinski definition) is 0.